The molecule has 0 bridgehead atoms. The number of benzene rings is 8. The van der Waals surface area contributed by atoms with Crippen LogP contribution in [0.15, 0.2) is 248 Å². The highest BCUT2D eigenvalue weighted by Crippen LogP contribution is 2.41. The molecule has 466 valence electrons. The van der Waals surface area contributed by atoms with Gasteiger partial charge >= 0.3 is 0 Å². The number of ether oxygens (including phenoxy) is 12. The lowest BCUT2D eigenvalue weighted by Gasteiger charge is -2.50. The van der Waals surface area contributed by atoms with E-state index in [1.807, 2.05) is 250 Å². The number of thioether (sulfide) groups is 1. The number of aliphatic hydroxyl groups excluding tert-OH is 2. The molecule has 8 aromatic carbocycles. The third-order valence-electron chi connectivity index (χ3n) is 16.2. The van der Waals surface area contributed by atoms with Crippen LogP contribution in [0.5, 0.6) is 0 Å². The molecule has 0 radical (unpaired) electrons. The van der Waals surface area contributed by atoms with Gasteiger partial charge in [0.2, 0.25) is 0 Å². The van der Waals surface area contributed by atoms with Gasteiger partial charge in [-0.05, 0) is 51.1 Å². The summed E-state index contributed by atoms with van der Waals surface area (Å²) in [5.74, 6) is -0.338. The van der Waals surface area contributed by atoms with E-state index in [4.69, 9.17) is 56.8 Å². The molecule has 89 heavy (non-hydrogen) atoms. The molecule has 0 aromatic heterocycles. The third kappa shape index (κ3) is 18.4. The average Bonchev–Trinajstić information content (AvgIpc) is 2.71. The fourth-order valence-electron chi connectivity index (χ4n) is 11.4. The molecule has 3 fully saturated rings. The van der Waals surface area contributed by atoms with Gasteiger partial charge in [-0.1, -0.05) is 249 Å². The first-order valence-electron chi connectivity index (χ1n) is 30.7. The molecular weight excluding hydrogens is 1140 g/mol. The normalized spacial score (nSPS) is 27.0. The van der Waals surface area contributed by atoms with E-state index in [1.165, 1.54) is 11.8 Å². The minimum Gasteiger partial charge on any atom is -0.385 e. The lowest BCUT2D eigenvalue weighted by Crippen LogP contribution is -2.65. The highest BCUT2D eigenvalue weighted by Gasteiger charge is 2.54. The van der Waals surface area contributed by atoms with Gasteiger partial charge in [-0.2, -0.15) is 0 Å². The summed E-state index contributed by atoms with van der Waals surface area (Å²) in [7, 11) is 0. The molecule has 0 aliphatic carbocycles. The summed E-state index contributed by atoms with van der Waals surface area (Å²) in [6, 6.07) is 79.2. The van der Waals surface area contributed by atoms with Crippen LogP contribution >= 0.6 is 11.8 Å². The monoisotopic (exact) mass is 1220 g/mol. The summed E-state index contributed by atoms with van der Waals surface area (Å²) >= 11 is 1.47. The smallest absolute Gasteiger partial charge is 0.187 e. The van der Waals surface area contributed by atoms with E-state index in [1.54, 1.807) is 0 Å². The maximum absolute atomic E-state index is 12.8. The van der Waals surface area contributed by atoms with Gasteiger partial charge < -0.3 is 67.1 Å². The van der Waals surface area contributed by atoms with Crippen LogP contribution in [0.3, 0.4) is 0 Å². The van der Waals surface area contributed by atoms with Gasteiger partial charge in [0, 0.05) is 10.8 Å². The lowest BCUT2D eigenvalue weighted by atomic mass is 9.90. The van der Waals surface area contributed by atoms with Crippen molar-refractivity contribution in [1.82, 2.24) is 0 Å². The Labute approximate surface area is 526 Å². The van der Waals surface area contributed by atoms with Gasteiger partial charge in [-0.15, -0.1) is 0 Å². The van der Waals surface area contributed by atoms with Crippen LogP contribution in [-0.2, 0) is 103 Å². The Hall–Kier alpha value is -6.45. The first-order chi connectivity index (χ1) is 43.9. The van der Waals surface area contributed by atoms with Crippen molar-refractivity contribution in [3.63, 3.8) is 0 Å². The number of hydrogen-bond donors (Lipinski definition) is 2. The summed E-state index contributed by atoms with van der Waals surface area (Å²) in [5, 5.41) is 25.5. The molecular formula is C74H80O14S. The molecule has 3 aliphatic heterocycles. The Kier molecular flexibility index (Phi) is 24.2. The zero-order chi connectivity index (χ0) is 60.8. The van der Waals surface area contributed by atoms with Crippen molar-refractivity contribution in [2.24, 2.45) is 5.92 Å². The van der Waals surface area contributed by atoms with Gasteiger partial charge in [0.25, 0.3) is 0 Å². The zero-order valence-electron chi connectivity index (χ0n) is 50.0. The lowest BCUT2D eigenvalue weighted by molar-refractivity contribution is -0.350. The van der Waals surface area contributed by atoms with Crippen LogP contribution < -0.4 is 0 Å². The maximum atomic E-state index is 12.8. The minimum atomic E-state index is -1.37. The highest BCUT2D eigenvalue weighted by atomic mass is 32.2. The summed E-state index contributed by atoms with van der Waals surface area (Å²) < 4.78 is 82.8. The fourth-order valence-corrected chi connectivity index (χ4v) is 12.5. The van der Waals surface area contributed by atoms with E-state index in [-0.39, 0.29) is 58.8 Å². The van der Waals surface area contributed by atoms with Gasteiger partial charge in [-0.25, -0.2) is 0 Å². The second kappa shape index (κ2) is 33.6. The second-order valence-corrected chi connectivity index (χ2v) is 23.8. The van der Waals surface area contributed by atoms with Crippen molar-refractivity contribution in [3.8, 4) is 0 Å². The Morgan fingerprint density at radius 3 is 1.08 bits per heavy atom. The summed E-state index contributed by atoms with van der Waals surface area (Å²) in [6.45, 7) is 3.70. The molecule has 0 amide bonds. The van der Waals surface area contributed by atoms with E-state index in [9.17, 15) is 10.2 Å². The molecule has 6 unspecified atom stereocenters. The Morgan fingerprint density at radius 1 is 0.315 bits per heavy atom. The third-order valence-corrected chi connectivity index (χ3v) is 17.3. The summed E-state index contributed by atoms with van der Waals surface area (Å²) in [6.07, 6.45) is -12.9. The van der Waals surface area contributed by atoms with Crippen molar-refractivity contribution >= 4 is 11.8 Å². The molecule has 11 rings (SSSR count). The zero-order valence-corrected chi connectivity index (χ0v) is 50.8. The fraction of sp³-hybridized carbons (Fsp3) is 0.351. The van der Waals surface area contributed by atoms with E-state index in [0.29, 0.717) is 13.2 Å². The SMILES string of the molecule is C[C@@H]1C(COCc2ccccc2)O[C@H](O[C@@H]2C(OCc3ccccc3)[C@@H](Sc3ccccc3)OC(CO[C@H]3OC(COCc4ccccc4)[C@@H](OCc4ccccc4)[C@H](OCc4ccccc4)C3O)[C@H]2OCc2ccccc2)C(O)[C@H]1OCc1ccccc1. The Balaban J connectivity index is 0.939. The van der Waals surface area contributed by atoms with Crippen LogP contribution in [-0.4, -0.2) is 115 Å². The Bertz CT molecular complexity index is 3220. The predicted octanol–water partition coefficient (Wildman–Crippen LogP) is 12.1. The number of aliphatic hydroxyl groups is 2. The van der Waals surface area contributed by atoms with Crippen molar-refractivity contribution in [3.05, 3.63) is 282 Å². The van der Waals surface area contributed by atoms with Crippen LogP contribution in [0.25, 0.3) is 0 Å². The number of rotatable bonds is 30. The van der Waals surface area contributed by atoms with Gasteiger partial charge in [-0.3, -0.25) is 0 Å². The minimum absolute atomic E-state index is 0.0810. The van der Waals surface area contributed by atoms with Crippen LogP contribution in [0, 0.1) is 5.92 Å². The summed E-state index contributed by atoms with van der Waals surface area (Å²) in [4.78, 5) is 0.907. The maximum Gasteiger partial charge on any atom is 0.187 e. The first-order valence-corrected chi connectivity index (χ1v) is 31.6. The van der Waals surface area contributed by atoms with Crippen LogP contribution in [0.1, 0.15) is 45.9 Å². The van der Waals surface area contributed by atoms with E-state index in [2.05, 4.69) is 0 Å². The van der Waals surface area contributed by atoms with Crippen molar-refractivity contribution in [2.75, 3.05) is 19.8 Å². The van der Waals surface area contributed by atoms with Gasteiger partial charge in [0.1, 0.15) is 60.4 Å². The molecule has 0 spiro atoms. The van der Waals surface area contributed by atoms with E-state index >= 15 is 0 Å². The molecule has 2 N–H and O–H groups in total. The van der Waals surface area contributed by atoms with Gasteiger partial charge in [0.15, 0.2) is 12.6 Å². The van der Waals surface area contributed by atoms with Crippen LogP contribution in [0.2, 0.25) is 0 Å². The topological polar surface area (TPSA) is 151 Å². The molecule has 14 nitrogen and oxygen atoms in total. The average molecular weight is 1230 g/mol. The van der Waals surface area contributed by atoms with E-state index < -0.39 is 85.2 Å². The second-order valence-electron chi connectivity index (χ2n) is 22.6. The largest absolute Gasteiger partial charge is 0.385 e. The molecule has 15 heteroatoms. The number of hydrogen-bond acceptors (Lipinski definition) is 15. The molecule has 0 saturated carbocycles. The molecule has 8 aromatic rings. The highest BCUT2D eigenvalue weighted by molar-refractivity contribution is 7.99. The first kappa shape index (κ1) is 64.1. The standard InChI is InChI=1S/C74H80O14S/c1-52-61(49-77-42-53-26-10-2-11-27-53)85-73(64(75)66(52)79-44-55-30-14-4-15-31-55)88-70-68(81-46-57-34-18-6-19-35-57)63(87-74(89-60-40-24-9-25-41-60)71(70)83-48-59-38-22-8-23-39-59)51-84-72-65(76)69(82-47-58-36-20-7-21-37-58)67(80-45-56-32-16-5-17-33-56)62(86-72)50-78-43-54-28-12-3-13-29-54/h2-41,52,61-76H,42-51H2,1H3/t52-,61?,62?,63?,64?,65?,66+,67-,68-,69-,70+,71?,72+,73-,74-/m1/s1. The summed E-state index contributed by atoms with van der Waals surface area (Å²) in [5.41, 5.74) is 5.84. The quantitative estimate of drug-likeness (QED) is 0.0439. The van der Waals surface area contributed by atoms with Crippen molar-refractivity contribution in [2.45, 2.75) is 143 Å². The van der Waals surface area contributed by atoms with Crippen molar-refractivity contribution in [1.29, 1.82) is 0 Å². The molecule has 3 aliphatic rings. The van der Waals surface area contributed by atoms with Crippen LogP contribution in [0.4, 0.5) is 0 Å². The molecule has 3 saturated heterocycles. The van der Waals surface area contributed by atoms with E-state index in [0.717, 1.165) is 43.8 Å². The molecule has 15 atom stereocenters. The van der Waals surface area contributed by atoms with Gasteiger partial charge in [0.05, 0.1) is 78.3 Å². The molecule has 3 heterocycles. The predicted molar refractivity (Wildman–Crippen MR) is 338 cm³/mol. The Morgan fingerprint density at radius 2 is 0.640 bits per heavy atom. The van der Waals surface area contributed by atoms with Crippen molar-refractivity contribution < 1.29 is 67.1 Å².